The van der Waals surface area contributed by atoms with E-state index in [0.717, 1.165) is 0 Å². The third kappa shape index (κ3) is 7.12. The predicted molar refractivity (Wildman–Crippen MR) is 147 cm³/mol. The SMILES string of the molecule is CNC1[C@H](O)OC(COC(=O)c2cc(N)ccc2O)[C@H](O[C@@H]2OC(COC(=O)c3cc(N)ccc3O)[C@H](O)[C@H](O)C2O)[C@@H]1O. The monoisotopic (exact) mass is 625 g/mol. The summed E-state index contributed by atoms with van der Waals surface area (Å²) < 4.78 is 27.2. The molecule has 2 aromatic carbocycles. The summed E-state index contributed by atoms with van der Waals surface area (Å²) in [5, 5.41) is 75.6. The van der Waals surface area contributed by atoms with Crippen LogP contribution in [0.4, 0.5) is 11.4 Å². The van der Waals surface area contributed by atoms with Crippen LogP contribution in [0, 0.1) is 0 Å². The molecule has 4 rings (SSSR count). The number of nitrogens with two attached hydrogens (primary N) is 2. The number of aromatic hydroxyl groups is 2. The van der Waals surface area contributed by atoms with Crippen LogP contribution < -0.4 is 16.8 Å². The van der Waals surface area contributed by atoms with E-state index in [4.69, 9.17) is 35.2 Å². The summed E-state index contributed by atoms with van der Waals surface area (Å²) in [5.41, 5.74) is 11.1. The first-order chi connectivity index (χ1) is 20.8. The molecule has 44 heavy (non-hydrogen) atoms. The molecule has 0 aromatic heterocycles. The van der Waals surface area contributed by atoms with Gasteiger partial charge in [-0.05, 0) is 43.4 Å². The number of anilines is 2. The summed E-state index contributed by atoms with van der Waals surface area (Å²) in [6.07, 6.45) is -14.9. The van der Waals surface area contributed by atoms with Crippen LogP contribution in [0.1, 0.15) is 20.7 Å². The number of aliphatic hydroxyl groups excluding tert-OH is 5. The van der Waals surface area contributed by atoms with Crippen molar-refractivity contribution >= 4 is 23.3 Å². The minimum absolute atomic E-state index is 0.166. The Morgan fingerprint density at radius 2 is 1.30 bits per heavy atom. The van der Waals surface area contributed by atoms with E-state index in [9.17, 15) is 45.3 Å². The number of phenols is 2. The van der Waals surface area contributed by atoms with Gasteiger partial charge >= 0.3 is 11.9 Å². The van der Waals surface area contributed by atoms with Gasteiger partial charge in [0.25, 0.3) is 0 Å². The predicted octanol–water partition coefficient (Wildman–Crippen LogP) is -2.87. The fourth-order valence-corrected chi connectivity index (χ4v) is 4.78. The summed E-state index contributed by atoms with van der Waals surface area (Å²) in [6, 6.07) is 6.29. The average molecular weight is 626 g/mol. The summed E-state index contributed by atoms with van der Waals surface area (Å²) >= 11 is 0. The van der Waals surface area contributed by atoms with Crippen molar-refractivity contribution in [1.82, 2.24) is 5.32 Å². The van der Waals surface area contributed by atoms with Crippen molar-refractivity contribution in [1.29, 1.82) is 0 Å². The number of hydrogen-bond acceptors (Lipinski definition) is 17. The van der Waals surface area contributed by atoms with E-state index in [2.05, 4.69) is 5.32 Å². The highest BCUT2D eigenvalue weighted by Crippen LogP contribution is 2.30. The Hall–Kier alpha value is -3.78. The quantitative estimate of drug-likeness (QED) is 0.0761. The maximum absolute atomic E-state index is 12.6. The third-order valence-corrected chi connectivity index (χ3v) is 7.22. The van der Waals surface area contributed by atoms with Crippen LogP contribution >= 0.6 is 0 Å². The lowest BCUT2D eigenvalue weighted by molar-refractivity contribution is -0.345. The van der Waals surface area contributed by atoms with Crippen molar-refractivity contribution in [3.05, 3.63) is 47.5 Å². The second-order valence-corrected chi connectivity index (χ2v) is 10.2. The number of nitrogen functional groups attached to an aromatic ring is 2. The highest BCUT2D eigenvalue weighted by Gasteiger charge is 2.51. The lowest BCUT2D eigenvalue weighted by atomic mass is 9.95. The van der Waals surface area contributed by atoms with Crippen molar-refractivity contribution in [2.24, 2.45) is 0 Å². The maximum Gasteiger partial charge on any atom is 0.342 e. The molecule has 2 aliphatic rings. The molecular formula is C27H35N3O14. The van der Waals surface area contributed by atoms with Gasteiger partial charge in [0.2, 0.25) is 0 Å². The highest BCUT2D eigenvalue weighted by molar-refractivity contribution is 5.94. The molecule has 0 aliphatic carbocycles. The molecule has 0 saturated carbocycles. The summed E-state index contributed by atoms with van der Waals surface area (Å²) in [6.45, 7) is -1.31. The first-order valence-electron chi connectivity index (χ1n) is 13.4. The lowest BCUT2D eigenvalue weighted by Crippen LogP contribution is -2.66. The van der Waals surface area contributed by atoms with Gasteiger partial charge in [-0.1, -0.05) is 0 Å². The molecule has 17 heteroatoms. The second-order valence-electron chi connectivity index (χ2n) is 10.2. The molecule has 0 spiro atoms. The minimum atomic E-state index is -1.89. The molecule has 17 nitrogen and oxygen atoms in total. The topological polar surface area (TPSA) is 286 Å². The standard InChI is InChI=1S/C27H35N3O14/c1-30-18-20(34)23(17(42-26(18)39)9-41-25(38)13-7-11(29)3-5-15(13)32)44-27-22(36)21(35)19(33)16(43-27)8-40-24(37)12-6-10(28)2-4-14(12)31/h2-7,16-23,26-27,30-36,39H,8-9,28-29H2,1H3/t16?,17?,18?,19-,20+,21-,22?,23-,26+,27-/m0/s1. The normalized spacial score (nSPS) is 32.1. The summed E-state index contributed by atoms with van der Waals surface area (Å²) in [5.74, 6) is -2.88. The molecule has 0 radical (unpaired) electrons. The molecule has 2 fully saturated rings. The maximum atomic E-state index is 12.6. The van der Waals surface area contributed by atoms with Crippen molar-refractivity contribution in [3.8, 4) is 11.5 Å². The Labute approximate surface area is 250 Å². The Balaban J connectivity index is 1.48. The number of likely N-dealkylation sites (N-methyl/N-ethyl adjacent to an activating group) is 1. The number of nitrogens with one attached hydrogen (secondary N) is 1. The number of ether oxygens (including phenoxy) is 5. The lowest BCUT2D eigenvalue weighted by Gasteiger charge is -2.46. The molecule has 0 bridgehead atoms. The molecule has 12 N–H and O–H groups in total. The van der Waals surface area contributed by atoms with Gasteiger partial charge < -0.3 is 76.2 Å². The van der Waals surface area contributed by atoms with Crippen LogP contribution in [0.15, 0.2) is 36.4 Å². The Kier molecular flexibility index (Phi) is 10.5. The second kappa shape index (κ2) is 13.9. The van der Waals surface area contributed by atoms with E-state index in [0.29, 0.717) is 0 Å². The van der Waals surface area contributed by atoms with Gasteiger partial charge in [-0.15, -0.1) is 0 Å². The Morgan fingerprint density at radius 3 is 1.82 bits per heavy atom. The van der Waals surface area contributed by atoms with Crippen molar-refractivity contribution < 1.29 is 69.0 Å². The number of benzene rings is 2. The number of rotatable bonds is 9. The first kappa shape index (κ1) is 33.1. The fraction of sp³-hybridized carbons (Fsp3) is 0.481. The van der Waals surface area contributed by atoms with Crippen LogP contribution in [-0.2, 0) is 23.7 Å². The molecule has 4 unspecified atom stereocenters. The molecule has 10 atom stereocenters. The van der Waals surface area contributed by atoms with Gasteiger partial charge in [-0.2, -0.15) is 0 Å². The number of hydrogen-bond donors (Lipinski definition) is 10. The van der Waals surface area contributed by atoms with Crippen molar-refractivity contribution in [2.75, 3.05) is 31.7 Å². The number of aliphatic hydroxyl groups is 5. The number of carbonyl (C=O) groups excluding carboxylic acids is 2. The van der Waals surface area contributed by atoms with Crippen LogP contribution in [0.2, 0.25) is 0 Å². The zero-order valence-electron chi connectivity index (χ0n) is 23.3. The molecule has 242 valence electrons. The minimum Gasteiger partial charge on any atom is -0.507 e. The van der Waals surface area contributed by atoms with Gasteiger partial charge in [-0.3, -0.25) is 0 Å². The summed E-state index contributed by atoms with van der Waals surface area (Å²) in [7, 11) is 1.41. The van der Waals surface area contributed by atoms with E-state index >= 15 is 0 Å². The third-order valence-electron chi connectivity index (χ3n) is 7.22. The zero-order valence-corrected chi connectivity index (χ0v) is 23.3. The van der Waals surface area contributed by atoms with E-state index in [1.165, 1.54) is 43.4 Å². The van der Waals surface area contributed by atoms with Crippen LogP contribution in [0.25, 0.3) is 0 Å². The van der Waals surface area contributed by atoms with E-state index in [-0.39, 0.29) is 22.5 Å². The van der Waals surface area contributed by atoms with Gasteiger partial charge in [0.15, 0.2) is 12.6 Å². The molecule has 2 heterocycles. The van der Waals surface area contributed by atoms with Crippen LogP contribution in [0.5, 0.6) is 11.5 Å². The van der Waals surface area contributed by atoms with Gasteiger partial charge in [0, 0.05) is 11.4 Å². The van der Waals surface area contributed by atoms with Crippen molar-refractivity contribution in [2.45, 2.75) is 61.3 Å². The molecule has 0 amide bonds. The van der Waals surface area contributed by atoms with Gasteiger partial charge in [0.1, 0.15) is 78.6 Å². The van der Waals surface area contributed by atoms with E-state index < -0.39 is 98.0 Å². The van der Waals surface area contributed by atoms with E-state index in [1.807, 2.05) is 0 Å². The Morgan fingerprint density at radius 1 is 0.773 bits per heavy atom. The first-order valence-corrected chi connectivity index (χ1v) is 13.4. The fourth-order valence-electron chi connectivity index (χ4n) is 4.78. The van der Waals surface area contributed by atoms with Crippen molar-refractivity contribution in [3.63, 3.8) is 0 Å². The molecule has 2 aliphatic heterocycles. The molecular weight excluding hydrogens is 590 g/mol. The molecule has 2 saturated heterocycles. The van der Waals surface area contributed by atoms with Crippen LogP contribution in [0.3, 0.4) is 0 Å². The Bertz CT molecular complexity index is 1330. The number of esters is 2. The molecule has 2 aromatic rings. The number of phenolic OH excluding ortho intramolecular Hbond substituents is 2. The number of carbonyl (C=O) groups is 2. The summed E-state index contributed by atoms with van der Waals surface area (Å²) in [4.78, 5) is 25.1. The smallest absolute Gasteiger partial charge is 0.342 e. The van der Waals surface area contributed by atoms with Crippen LogP contribution in [-0.4, -0.2) is 129 Å². The van der Waals surface area contributed by atoms with Gasteiger partial charge in [-0.25, -0.2) is 9.59 Å². The van der Waals surface area contributed by atoms with Gasteiger partial charge in [0.05, 0.1) is 6.04 Å². The largest absolute Gasteiger partial charge is 0.507 e. The van der Waals surface area contributed by atoms with E-state index in [1.54, 1.807) is 0 Å². The zero-order chi connectivity index (χ0) is 32.3. The highest BCUT2D eigenvalue weighted by atomic mass is 16.7. The average Bonchev–Trinajstić information content (AvgIpc) is 2.99.